The summed E-state index contributed by atoms with van der Waals surface area (Å²) in [4.78, 5) is 12.8. The number of rotatable bonds is 2. The van der Waals surface area contributed by atoms with E-state index in [0.717, 1.165) is 53.1 Å². The molecule has 0 bridgehead atoms. The fourth-order valence-electron chi connectivity index (χ4n) is 17.8. The summed E-state index contributed by atoms with van der Waals surface area (Å²) in [7, 11) is 0. The summed E-state index contributed by atoms with van der Waals surface area (Å²) in [5.41, 5.74) is 6.84. The summed E-state index contributed by atoms with van der Waals surface area (Å²) in [5, 5.41) is 3.01. The van der Waals surface area contributed by atoms with Gasteiger partial charge < -0.3 is 9.80 Å². The van der Waals surface area contributed by atoms with Gasteiger partial charge in [0.2, 0.25) is 0 Å². The van der Waals surface area contributed by atoms with Gasteiger partial charge in [-0.15, -0.1) is 0 Å². The Morgan fingerprint density at radius 3 is 2.11 bits per heavy atom. The molecule has 0 radical (unpaired) electrons. The van der Waals surface area contributed by atoms with Crippen LogP contribution >= 0.6 is 0 Å². The molecule has 0 spiro atoms. The maximum absolute atomic E-state index is 6.32. The lowest BCUT2D eigenvalue weighted by atomic mass is 9.22. The minimum absolute atomic E-state index is 0.345. The molecule has 6 aliphatic carbocycles. The smallest absolute Gasteiger partial charge is 0.198 e. The zero-order chi connectivity index (χ0) is 38.3. The second-order valence-electron chi connectivity index (χ2n) is 22.8. The van der Waals surface area contributed by atoms with Crippen molar-refractivity contribution in [3.05, 3.63) is 77.4 Å². The molecule has 3 heterocycles. The molecule has 15 unspecified atom stereocenters. The van der Waals surface area contributed by atoms with Crippen molar-refractivity contribution in [2.45, 2.75) is 179 Å². The second kappa shape index (κ2) is 13.4. The van der Waals surface area contributed by atoms with Crippen LogP contribution < -0.4 is 5.46 Å². The monoisotopic (exact) mass is 760 g/mol. The van der Waals surface area contributed by atoms with Crippen LogP contribution in [0.4, 0.5) is 0 Å². The van der Waals surface area contributed by atoms with Crippen molar-refractivity contribution in [2.24, 2.45) is 51.8 Å². The molecule has 3 aromatic rings. The lowest BCUT2D eigenvalue weighted by molar-refractivity contribution is -0.0963. The lowest BCUT2D eigenvalue weighted by Gasteiger charge is -2.70. The Morgan fingerprint density at radius 2 is 1.30 bits per heavy atom. The molecule has 57 heavy (non-hydrogen) atoms. The van der Waals surface area contributed by atoms with Crippen molar-refractivity contribution in [1.29, 1.82) is 0 Å². The Labute approximate surface area is 345 Å². The predicted octanol–water partition coefficient (Wildman–Crippen LogP) is 11.8. The summed E-state index contributed by atoms with van der Waals surface area (Å²) >= 11 is 0. The van der Waals surface area contributed by atoms with Gasteiger partial charge in [-0.1, -0.05) is 145 Å². The standard InChI is InChI=1S/C53H70BN3/c1-31-14-12-15-32(2)47(31)36-28-35-25-27-44-51-48(35)46(29-36)56-50-40-22-11-10-21-39(40)41(53(3,4)5)30-45(50)55-52(56)57(51)49-38-20-9-7-17-34(38)24-26-43(49)54(44)42-23-13-18-33-16-6-8-19-37(33)42/h6,8,12-16,18-19,23,34-36,38-41,43-46,48-51H,7,9-11,17,20-22,24-30H2,1-5H3. The molecule has 3 nitrogen and oxygen atoms in total. The Hall–Kier alpha value is -2.75. The van der Waals surface area contributed by atoms with Crippen LogP contribution in [0.25, 0.3) is 10.8 Å². The van der Waals surface area contributed by atoms with Crippen LogP contribution in [-0.4, -0.2) is 52.7 Å². The van der Waals surface area contributed by atoms with Gasteiger partial charge in [0.15, 0.2) is 12.7 Å². The van der Waals surface area contributed by atoms with Crippen molar-refractivity contribution < 1.29 is 0 Å². The number of hydrogen-bond donors (Lipinski definition) is 0. The van der Waals surface area contributed by atoms with Crippen LogP contribution in [0.1, 0.15) is 140 Å². The SMILES string of the molecule is Cc1cccc(C)c1C1CC2CCC3B(c4cccc5ccccc45)C4CCC5CCCCC5C4N4C5=NC6CC(C(C)(C)C)C7CCCCC7C6N5C(C1)C2C34. The number of aliphatic imine (C=N–C) groups is 1. The third-order valence-electron chi connectivity index (χ3n) is 19.5. The van der Waals surface area contributed by atoms with Crippen LogP contribution in [0.15, 0.2) is 65.7 Å². The average molecular weight is 760 g/mol. The van der Waals surface area contributed by atoms with Crippen molar-refractivity contribution >= 4 is 28.9 Å². The minimum Gasteiger partial charge on any atom is -0.337 e. The highest BCUT2D eigenvalue weighted by atomic mass is 15.5. The van der Waals surface area contributed by atoms with E-state index in [9.17, 15) is 0 Å². The second-order valence-corrected chi connectivity index (χ2v) is 22.8. The Kier molecular flexibility index (Phi) is 8.48. The van der Waals surface area contributed by atoms with E-state index < -0.39 is 0 Å². The van der Waals surface area contributed by atoms with Gasteiger partial charge >= 0.3 is 0 Å². The Balaban J connectivity index is 1.05. The van der Waals surface area contributed by atoms with Gasteiger partial charge in [0.05, 0.1) is 12.1 Å². The number of hydrogen-bond acceptors (Lipinski definition) is 3. The molecule has 6 saturated carbocycles. The van der Waals surface area contributed by atoms with Crippen molar-refractivity contribution in [2.75, 3.05) is 0 Å². The van der Waals surface area contributed by atoms with E-state index in [1.54, 1.807) is 22.4 Å². The van der Waals surface area contributed by atoms with Gasteiger partial charge in [-0.05, 0) is 138 Å². The zero-order valence-corrected chi connectivity index (χ0v) is 36.0. The van der Waals surface area contributed by atoms with Gasteiger partial charge in [0, 0.05) is 24.0 Å². The van der Waals surface area contributed by atoms with Crippen LogP contribution in [0.3, 0.4) is 0 Å². The van der Waals surface area contributed by atoms with E-state index in [1.165, 1.54) is 113 Å². The van der Waals surface area contributed by atoms with Gasteiger partial charge in [-0.3, -0.25) is 0 Å². The third kappa shape index (κ3) is 5.31. The third-order valence-corrected chi connectivity index (χ3v) is 19.5. The number of guanidine groups is 1. The fraction of sp³-hybridized carbons (Fsp3) is 0.679. The van der Waals surface area contributed by atoms with E-state index in [0.29, 0.717) is 48.3 Å². The quantitative estimate of drug-likeness (QED) is 0.242. The molecule has 9 aliphatic rings. The zero-order valence-electron chi connectivity index (χ0n) is 36.0. The topological polar surface area (TPSA) is 18.8 Å². The molecule has 15 atom stereocenters. The van der Waals surface area contributed by atoms with E-state index in [-0.39, 0.29) is 0 Å². The van der Waals surface area contributed by atoms with Crippen LogP contribution in [0.5, 0.6) is 0 Å². The summed E-state index contributed by atoms with van der Waals surface area (Å²) in [5.74, 6) is 9.42. The number of aryl methyl sites for hydroxylation is 2. The fourth-order valence-corrected chi connectivity index (χ4v) is 17.8. The first-order chi connectivity index (χ1) is 27.8. The normalized spacial score (nSPS) is 41.9. The maximum Gasteiger partial charge on any atom is 0.198 e. The van der Waals surface area contributed by atoms with Crippen LogP contribution in [-0.2, 0) is 0 Å². The molecular weight excluding hydrogens is 689 g/mol. The summed E-state index contributed by atoms with van der Waals surface area (Å²) < 4.78 is 0. The molecular formula is C53H70BN3. The van der Waals surface area contributed by atoms with E-state index in [4.69, 9.17) is 4.99 Å². The first-order valence-corrected chi connectivity index (χ1v) is 24.4. The molecule has 0 N–H and O–H groups in total. The van der Waals surface area contributed by atoms with E-state index in [2.05, 4.69) is 105 Å². The molecule has 0 aromatic heterocycles. The molecule has 0 amide bonds. The molecule has 2 saturated heterocycles. The molecule has 4 heteroatoms. The molecule has 8 fully saturated rings. The van der Waals surface area contributed by atoms with Crippen molar-refractivity contribution in [3.8, 4) is 0 Å². The first kappa shape index (κ1) is 36.1. The van der Waals surface area contributed by atoms with Crippen molar-refractivity contribution in [3.63, 3.8) is 0 Å². The summed E-state index contributed by atoms with van der Waals surface area (Å²) in [6, 6.07) is 27.1. The summed E-state index contributed by atoms with van der Waals surface area (Å²) in [6.07, 6.45) is 21.3. The minimum atomic E-state index is 0.345. The van der Waals surface area contributed by atoms with Crippen LogP contribution in [0.2, 0.25) is 11.6 Å². The van der Waals surface area contributed by atoms with Gasteiger partial charge in [0.25, 0.3) is 0 Å². The predicted molar refractivity (Wildman–Crippen MR) is 239 cm³/mol. The molecule has 300 valence electrons. The number of benzene rings is 3. The van der Waals surface area contributed by atoms with Gasteiger partial charge in [-0.2, -0.15) is 0 Å². The molecule has 3 aromatic carbocycles. The molecule has 12 rings (SSSR count). The van der Waals surface area contributed by atoms with Crippen LogP contribution in [0, 0.1) is 60.7 Å². The van der Waals surface area contributed by atoms with E-state index in [1.807, 2.05) is 0 Å². The highest BCUT2D eigenvalue weighted by Gasteiger charge is 2.68. The largest absolute Gasteiger partial charge is 0.337 e. The van der Waals surface area contributed by atoms with Gasteiger partial charge in [0.1, 0.15) is 0 Å². The first-order valence-electron chi connectivity index (χ1n) is 24.4. The highest BCUT2D eigenvalue weighted by molar-refractivity contribution is 6.78. The average Bonchev–Trinajstić information content (AvgIpc) is 3.62. The van der Waals surface area contributed by atoms with E-state index >= 15 is 0 Å². The summed E-state index contributed by atoms with van der Waals surface area (Å²) in [6.45, 7) is 13.2. The maximum atomic E-state index is 6.32. The number of nitrogens with zero attached hydrogens (tertiary/aromatic N) is 3. The van der Waals surface area contributed by atoms with Gasteiger partial charge in [-0.25, -0.2) is 4.99 Å². The Bertz CT molecular complexity index is 2040. The highest BCUT2D eigenvalue weighted by Crippen LogP contribution is 2.65. The Morgan fingerprint density at radius 1 is 0.614 bits per heavy atom. The molecule has 3 aliphatic heterocycles. The lowest BCUT2D eigenvalue weighted by Crippen LogP contribution is -2.78. The van der Waals surface area contributed by atoms with Crippen molar-refractivity contribution in [1.82, 2.24) is 9.80 Å². The number of fused-ring (bicyclic) bond motifs is 12.